The van der Waals surface area contributed by atoms with Crippen molar-refractivity contribution < 1.29 is 19.0 Å². The van der Waals surface area contributed by atoms with Crippen molar-refractivity contribution in [2.75, 3.05) is 6.61 Å². The normalized spacial score (nSPS) is 39.4. The molecule has 0 radical (unpaired) electrons. The van der Waals surface area contributed by atoms with Crippen molar-refractivity contribution in [2.24, 2.45) is 0 Å². The minimum Gasteiger partial charge on any atom is -0.428 e. The van der Waals surface area contributed by atoms with Crippen LogP contribution in [0.25, 0.3) is 0 Å². The summed E-state index contributed by atoms with van der Waals surface area (Å²) in [5.41, 5.74) is 0. The van der Waals surface area contributed by atoms with Crippen molar-refractivity contribution in [1.82, 2.24) is 0 Å². The van der Waals surface area contributed by atoms with E-state index in [9.17, 15) is 4.79 Å². The molecule has 0 aliphatic carbocycles. The summed E-state index contributed by atoms with van der Waals surface area (Å²) in [4.78, 5) is 11.2. The van der Waals surface area contributed by atoms with Gasteiger partial charge >= 0.3 is 5.97 Å². The van der Waals surface area contributed by atoms with Gasteiger partial charge in [0.15, 0.2) is 12.2 Å². The largest absolute Gasteiger partial charge is 0.428 e. The van der Waals surface area contributed by atoms with Gasteiger partial charge in [-0.05, 0) is 13.3 Å². The van der Waals surface area contributed by atoms with E-state index >= 15 is 0 Å². The number of carbonyl (C=O) groups excluding carboxylic acids is 1. The summed E-state index contributed by atoms with van der Waals surface area (Å²) in [6, 6.07) is 0. The van der Waals surface area contributed by atoms with Crippen molar-refractivity contribution in [3.63, 3.8) is 0 Å². The van der Waals surface area contributed by atoms with E-state index in [0.29, 0.717) is 6.61 Å². The van der Waals surface area contributed by atoms with Gasteiger partial charge in [0.2, 0.25) is 5.79 Å². The number of esters is 1. The summed E-state index contributed by atoms with van der Waals surface area (Å²) in [6.07, 6.45) is 2.29. The van der Waals surface area contributed by atoms with E-state index in [2.05, 4.69) is 6.92 Å². The monoisotopic (exact) mass is 200 g/mol. The van der Waals surface area contributed by atoms with Crippen LogP contribution in [0.2, 0.25) is 0 Å². The average molecular weight is 200 g/mol. The predicted molar refractivity (Wildman–Crippen MR) is 48.6 cm³/mol. The Morgan fingerprint density at radius 3 is 2.71 bits per heavy atom. The third kappa shape index (κ3) is 1.42. The van der Waals surface area contributed by atoms with Crippen molar-refractivity contribution >= 4 is 5.97 Å². The standard InChI is InChI=1S/C10H16O4/c1-3-5-6-10(12-4-2)8-7(13-8)9(11)14-10/h7-8H,3-6H2,1-2H3/t7-,8+,10+/m1/s1. The summed E-state index contributed by atoms with van der Waals surface area (Å²) in [5, 5.41) is 0. The van der Waals surface area contributed by atoms with Gasteiger partial charge in [0.05, 0.1) is 0 Å². The maximum Gasteiger partial charge on any atom is 0.340 e. The molecule has 4 heteroatoms. The first-order chi connectivity index (χ1) is 6.73. The minimum absolute atomic E-state index is 0.151. The van der Waals surface area contributed by atoms with Crippen molar-refractivity contribution in [2.45, 2.75) is 51.1 Å². The molecular weight excluding hydrogens is 184 g/mol. The molecule has 2 saturated heterocycles. The van der Waals surface area contributed by atoms with E-state index in [1.165, 1.54) is 0 Å². The molecule has 2 rings (SSSR count). The molecule has 0 saturated carbocycles. The minimum atomic E-state index is -0.771. The second-order valence-electron chi connectivity index (χ2n) is 3.75. The molecule has 2 aliphatic heterocycles. The van der Waals surface area contributed by atoms with E-state index in [4.69, 9.17) is 14.2 Å². The first-order valence-electron chi connectivity index (χ1n) is 5.26. The number of carbonyl (C=O) groups is 1. The fourth-order valence-electron chi connectivity index (χ4n) is 1.96. The van der Waals surface area contributed by atoms with Crippen LogP contribution >= 0.6 is 0 Å². The molecule has 0 aromatic heterocycles. The molecule has 0 bridgehead atoms. The summed E-state index contributed by atoms with van der Waals surface area (Å²) < 4.78 is 16.0. The zero-order valence-electron chi connectivity index (χ0n) is 8.62. The van der Waals surface area contributed by atoms with Crippen LogP contribution in [0.3, 0.4) is 0 Å². The Morgan fingerprint density at radius 1 is 1.50 bits per heavy atom. The lowest BCUT2D eigenvalue weighted by Crippen LogP contribution is -2.39. The molecule has 14 heavy (non-hydrogen) atoms. The quantitative estimate of drug-likeness (QED) is 0.494. The lowest BCUT2D eigenvalue weighted by atomic mass is 10.1. The number of hydrogen-bond acceptors (Lipinski definition) is 4. The number of epoxide rings is 1. The number of hydrogen-bond donors (Lipinski definition) is 0. The number of cyclic esters (lactones) is 1. The molecule has 3 atom stereocenters. The fraction of sp³-hybridized carbons (Fsp3) is 0.900. The Hall–Kier alpha value is -0.610. The second-order valence-corrected chi connectivity index (χ2v) is 3.75. The summed E-state index contributed by atoms with van der Waals surface area (Å²) >= 11 is 0. The maximum atomic E-state index is 11.2. The predicted octanol–water partition coefficient (Wildman–Crippen LogP) is 1.23. The van der Waals surface area contributed by atoms with Crippen molar-refractivity contribution in [3.05, 3.63) is 0 Å². The number of fused-ring (bicyclic) bond motifs is 1. The zero-order chi connectivity index (χ0) is 10.2. The lowest BCUT2D eigenvalue weighted by Gasteiger charge is -2.28. The Balaban J connectivity index is 2.03. The second kappa shape index (κ2) is 3.51. The van der Waals surface area contributed by atoms with E-state index in [1.54, 1.807) is 0 Å². The lowest BCUT2D eigenvalue weighted by molar-refractivity contribution is -0.236. The van der Waals surface area contributed by atoms with Crippen LogP contribution in [0.15, 0.2) is 0 Å². The molecule has 4 nitrogen and oxygen atoms in total. The van der Waals surface area contributed by atoms with Crippen LogP contribution in [-0.2, 0) is 19.0 Å². The van der Waals surface area contributed by atoms with E-state index in [-0.39, 0.29) is 18.2 Å². The van der Waals surface area contributed by atoms with Gasteiger partial charge in [0.25, 0.3) is 0 Å². The molecule has 0 spiro atoms. The summed E-state index contributed by atoms with van der Waals surface area (Å²) in [6.45, 7) is 4.54. The molecule has 2 aliphatic rings. The third-order valence-corrected chi connectivity index (χ3v) is 2.70. The van der Waals surface area contributed by atoms with Crippen LogP contribution in [0.5, 0.6) is 0 Å². The third-order valence-electron chi connectivity index (χ3n) is 2.70. The molecule has 2 fully saturated rings. The fourth-order valence-corrected chi connectivity index (χ4v) is 1.96. The van der Waals surface area contributed by atoms with Gasteiger partial charge < -0.3 is 14.2 Å². The first kappa shape index (κ1) is 9.93. The van der Waals surface area contributed by atoms with Gasteiger partial charge in [0, 0.05) is 13.0 Å². The highest BCUT2D eigenvalue weighted by molar-refractivity contribution is 5.81. The number of ether oxygens (including phenoxy) is 3. The Bertz CT molecular complexity index is 240. The molecule has 0 unspecified atom stereocenters. The highest BCUT2D eigenvalue weighted by atomic mass is 16.8. The Morgan fingerprint density at radius 2 is 2.29 bits per heavy atom. The van der Waals surface area contributed by atoms with Crippen LogP contribution in [0.1, 0.15) is 33.1 Å². The zero-order valence-corrected chi connectivity index (χ0v) is 8.62. The first-order valence-corrected chi connectivity index (χ1v) is 5.26. The van der Waals surface area contributed by atoms with E-state index in [0.717, 1.165) is 19.3 Å². The van der Waals surface area contributed by atoms with Gasteiger partial charge in [-0.15, -0.1) is 0 Å². The van der Waals surface area contributed by atoms with Crippen LogP contribution in [0.4, 0.5) is 0 Å². The maximum absolute atomic E-state index is 11.2. The highest BCUT2D eigenvalue weighted by Crippen LogP contribution is 2.46. The summed E-state index contributed by atoms with van der Waals surface area (Å²) in [5.74, 6) is -1.04. The summed E-state index contributed by atoms with van der Waals surface area (Å²) in [7, 11) is 0. The highest BCUT2D eigenvalue weighted by Gasteiger charge is 2.68. The number of unbranched alkanes of at least 4 members (excludes halogenated alkanes) is 1. The van der Waals surface area contributed by atoms with Crippen molar-refractivity contribution in [3.8, 4) is 0 Å². The molecule has 0 aromatic rings. The molecule has 0 aromatic carbocycles. The Kier molecular flexibility index (Phi) is 2.49. The SMILES string of the molecule is CCCC[C@]1(OCC)OC(=O)[C@@H]2O[C@@H]21. The van der Waals surface area contributed by atoms with Crippen molar-refractivity contribution in [1.29, 1.82) is 0 Å². The number of rotatable bonds is 5. The van der Waals surface area contributed by atoms with Gasteiger partial charge in [-0.2, -0.15) is 0 Å². The van der Waals surface area contributed by atoms with Gasteiger partial charge in [0.1, 0.15) is 0 Å². The van der Waals surface area contributed by atoms with Crippen LogP contribution < -0.4 is 0 Å². The molecule has 2 heterocycles. The molecule has 0 amide bonds. The van der Waals surface area contributed by atoms with Crippen LogP contribution in [0, 0.1) is 0 Å². The molecule has 80 valence electrons. The van der Waals surface area contributed by atoms with Gasteiger partial charge in [-0.1, -0.05) is 13.3 Å². The topological polar surface area (TPSA) is 48.1 Å². The van der Waals surface area contributed by atoms with Gasteiger partial charge in [-0.3, -0.25) is 0 Å². The van der Waals surface area contributed by atoms with Gasteiger partial charge in [-0.25, -0.2) is 4.79 Å². The average Bonchev–Trinajstić information content (AvgIpc) is 2.90. The Labute approximate surface area is 83.5 Å². The van der Waals surface area contributed by atoms with Crippen LogP contribution in [-0.4, -0.2) is 30.6 Å². The smallest absolute Gasteiger partial charge is 0.340 e. The molecule has 0 N–H and O–H groups in total. The van der Waals surface area contributed by atoms with E-state index in [1.807, 2.05) is 6.92 Å². The van der Waals surface area contributed by atoms with E-state index < -0.39 is 5.79 Å². The molecular formula is C10H16O4.